The van der Waals surface area contributed by atoms with Crippen molar-refractivity contribution in [2.45, 2.75) is 50.6 Å². The highest BCUT2D eigenvalue weighted by Gasteiger charge is 2.42. The molecule has 0 aromatic heterocycles. The van der Waals surface area contributed by atoms with Crippen LogP contribution in [-0.4, -0.2) is 28.6 Å². The molecule has 0 radical (unpaired) electrons. The Balaban J connectivity index is 2.59. The molecule has 86 valence electrons. The van der Waals surface area contributed by atoms with E-state index in [2.05, 4.69) is 5.32 Å². The van der Waals surface area contributed by atoms with Crippen molar-refractivity contribution in [2.75, 3.05) is 0 Å². The van der Waals surface area contributed by atoms with E-state index in [0.29, 0.717) is 12.8 Å². The van der Waals surface area contributed by atoms with Crippen molar-refractivity contribution in [1.29, 1.82) is 0 Å². The Hall–Kier alpha value is -1.10. The monoisotopic (exact) mass is 214 g/mol. The zero-order valence-electron chi connectivity index (χ0n) is 8.95. The van der Waals surface area contributed by atoms with Crippen LogP contribution in [0.3, 0.4) is 0 Å². The number of carboxylic acids is 1. The summed E-state index contributed by atoms with van der Waals surface area (Å²) < 4.78 is 0. The number of carboxylic acid groups (broad SMARTS) is 1. The molecule has 1 aliphatic carbocycles. The molecule has 0 saturated heterocycles. The summed E-state index contributed by atoms with van der Waals surface area (Å²) in [5.41, 5.74) is 4.44. The van der Waals surface area contributed by atoms with Gasteiger partial charge in [0.15, 0.2) is 0 Å². The highest BCUT2D eigenvalue weighted by atomic mass is 16.4. The second-order valence-electron chi connectivity index (χ2n) is 4.32. The molecule has 1 aliphatic rings. The number of carbonyl (C=O) groups is 2. The van der Waals surface area contributed by atoms with Gasteiger partial charge in [0.1, 0.15) is 5.54 Å². The van der Waals surface area contributed by atoms with Crippen molar-refractivity contribution >= 4 is 11.9 Å². The predicted molar refractivity (Wildman–Crippen MR) is 55.2 cm³/mol. The van der Waals surface area contributed by atoms with Crippen LogP contribution in [0.2, 0.25) is 0 Å². The molecule has 0 aliphatic heterocycles. The first-order valence-corrected chi connectivity index (χ1v) is 5.26. The molecule has 1 unspecified atom stereocenters. The number of amides is 1. The second-order valence-corrected chi connectivity index (χ2v) is 4.32. The summed E-state index contributed by atoms with van der Waals surface area (Å²) in [5, 5.41) is 11.7. The highest BCUT2D eigenvalue weighted by Crippen LogP contribution is 2.29. The zero-order valence-corrected chi connectivity index (χ0v) is 8.95. The van der Waals surface area contributed by atoms with Gasteiger partial charge in [-0.1, -0.05) is 12.8 Å². The summed E-state index contributed by atoms with van der Waals surface area (Å²) in [7, 11) is 0. The van der Waals surface area contributed by atoms with E-state index in [1.54, 1.807) is 6.92 Å². The average Bonchev–Trinajstić information content (AvgIpc) is 2.52. The van der Waals surface area contributed by atoms with Gasteiger partial charge in [0.05, 0.1) is 0 Å². The van der Waals surface area contributed by atoms with Crippen molar-refractivity contribution in [2.24, 2.45) is 5.73 Å². The van der Waals surface area contributed by atoms with Crippen LogP contribution >= 0.6 is 0 Å². The van der Waals surface area contributed by atoms with E-state index < -0.39 is 11.5 Å². The quantitative estimate of drug-likeness (QED) is 0.625. The van der Waals surface area contributed by atoms with E-state index in [0.717, 1.165) is 12.8 Å². The summed E-state index contributed by atoms with van der Waals surface area (Å²) in [6.07, 6.45) is 2.92. The van der Waals surface area contributed by atoms with Gasteiger partial charge in [-0.15, -0.1) is 0 Å². The number of hydrogen-bond donors (Lipinski definition) is 3. The summed E-state index contributed by atoms with van der Waals surface area (Å²) in [6, 6.07) is -0.239. The van der Waals surface area contributed by atoms with Crippen molar-refractivity contribution in [3.8, 4) is 0 Å². The molecule has 1 amide bonds. The normalized spacial score (nSPS) is 20.9. The Bertz CT molecular complexity index is 257. The maximum atomic E-state index is 11.5. The third-order valence-corrected chi connectivity index (χ3v) is 2.75. The van der Waals surface area contributed by atoms with Gasteiger partial charge in [-0.2, -0.15) is 0 Å². The molecule has 0 aromatic carbocycles. The van der Waals surface area contributed by atoms with E-state index in [1.165, 1.54) is 0 Å². The fraction of sp³-hybridized carbons (Fsp3) is 0.800. The van der Waals surface area contributed by atoms with Gasteiger partial charge in [-0.25, -0.2) is 4.79 Å². The summed E-state index contributed by atoms with van der Waals surface area (Å²) in [5.74, 6) is -1.20. The molecule has 5 heteroatoms. The van der Waals surface area contributed by atoms with Crippen LogP contribution in [-0.2, 0) is 9.59 Å². The van der Waals surface area contributed by atoms with Gasteiger partial charge in [-0.3, -0.25) is 4.79 Å². The van der Waals surface area contributed by atoms with Crippen LogP contribution in [0.1, 0.15) is 39.0 Å². The molecular weight excluding hydrogens is 196 g/mol. The Morgan fingerprint density at radius 3 is 2.40 bits per heavy atom. The van der Waals surface area contributed by atoms with E-state index >= 15 is 0 Å². The molecule has 1 fully saturated rings. The molecule has 1 rings (SSSR count). The minimum Gasteiger partial charge on any atom is -0.480 e. The van der Waals surface area contributed by atoms with Crippen LogP contribution in [0.25, 0.3) is 0 Å². The smallest absolute Gasteiger partial charge is 0.329 e. The van der Waals surface area contributed by atoms with Crippen LogP contribution in [0, 0.1) is 0 Å². The lowest BCUT2D eigenvalue weighted by molar-refractivity contribution is -0.147. The van der Waals surface area contributed by atoms with Crippen LogP contribution in [0.4, 0.5) is 0 Å². The third kappa shape index (κ3) is 2.92. The third-order valence-electron chi connectivity index (χ3n) is 2.75. The van der Waals surface area contributed by atoms with Crippen LogP contribution < -0.4 is 11.1 Å². The maximum absolute atomic E-state index is 11.5. The van der Waals surface area contributed by atoms with Crippen molar-refractivity contribution in [3.63, 3.8) is 0 Å². The molecular formula is C10H18N2O3. The molecule has 4 N–H and O–H groups in total. The van der Waals surface area contributed by atoms with Crippen LogP contribution in [0.15, 0.2) is 0 Å². The number of nitrogens with one attached hydrogen (secondary N) is 1. The second kappa shape index (κ2) is 4.61. The Morgan fingerprint density at radius 2 is 2.00 bits per heavy atom. The average molecular weight is 214 g/mol. The molecule has 0 aromatic rings. The fourth-order valence-corrected chi connectivity index (χ4v) is 1.98. The van der Waals surface area contributed by atoms with E-state index in [9.17, 15) is 9.59 Å². The number of aliphatic carboxylic acids is 1. The van der Waals surface area contributed by atoms with E-state index in [-0.39, 0.29) is 18.4 Å². The minimum atomic E-state index is -1.04. The Kier molecular flexibility index (Phi) is 3.68. The Labute approximate surface area is 89.0 Å². The van der Waals surface area contributed by atoms with Gasteiger partial charge < -0.3 is 16.2 Å². The molecule has 0 spiro atoms. The fourth-order valence-electron chi connectivity index (χ4n) is 1.98. The SMILES string of the molecule is CC(N)CC(=O)NC1(C(=O)O)CCCC1. The molecule has 0 heterocycles. The molecule has 1 saturated carbocycles. The summed E-state index contributed by atoms with van der Waals surface area (Å²) in [6.45, 7) is 1.72. The number of hydrogen-bond acceptors (Lipinski definition) is 3. The number of nitrogens with two attached hydrogens (primary N) is 1. The molecule has 0 bridgehead atoms. The van der Waals surface area contributed by atoms with Crippen molar-refractivity contribution < 1.29 is 14.7 Å². The number of rotatable bonds is 4. The largest absolute Gasteiger partial charge is 0.480 e. The van der Waals surface area contributed by atoms with Crippen LogP contribution in [0.5, 0.6) is 0 Å². The van der Waals surface area contributed by atoms with Gasteiger partial charge in [0.2, 0.25) is 5.91 Å². The summed E-state index contributed by atoms with van der Waals surface area (Å²) in [4.78, 5) is 22.6. The first-order valence-electron chi connectivity index (χ1n) is 5.26. The lowest BCUT2D eigenvalue weighted by Gasteiger charge is -2.25. The predicted octanol–water partition coefficient (Wildman–Crippen LogP) is 0.237. The zero-order chi connectivity index (χ0) is 11.5. The van der Waals surface area contributed by atoms with Crippen molar-refractivity contribution in [1.82, 2.24) is 5.32 Å². The first kappa shape index (κ1) is 12.0. The molecule has 5 nitrogen and oxygen atoms in total. The number of carbonyl (C=O) groups excluding carboxylic acids is 1. The molecule has 15 heavy (non-hydrogen) atoms. The topological polar surface area (TPSA) is 92.4 Å². The lowest BCUT2D eigenvalue weighted by atomic mass is 9.97. The van der Waals surface area contributed by atoms with E-state index in [1.807, 2.05) is 0 Å². The summed E-state index contributed by atoms with van der Waals surface area (Å²) >= 11 is 0. The van der Waals surface area contributed by atoms with Gasteiger partial charge in [0, 0.05) is 12.5 Å². The maximum Gasteiger partial charge on any atom is 0.329 e. The van der Waals surface area contributed by atoms with Gasteiger partial charge >= 0.3 is 5.97 Å². The molecule has 1 atom stereocenters. The van der Waals surface area contributed by atoms with Crippen molar-refractivity contribution in [3.05, 3.63) is 0 Å². The minimum absolute atomic E-state index is 0.176. The van der Waals surface area contributed by atoms with E-state index in [4.69, 9.17) is 10.8 Å². The van der Waals surface area contributed by atoms with Gasteiger partial charge in [-0.05, 0) is 19.8 Å². The van der Waals surface area contributed by atoms with Gasteiger partial charge in [0.25, 0.3) is 0 Å². The highest BCUT2D eigenvalue weighted by molar-refractivity contribution is 5.87. The Morgan fingerprint density at radius 1 is 1.47 bits per heavy atom. The lowest BCUT2D eigenvalue weighted by Crippen LogP contribution is -2.53. The first-order chi connectivity index (χ1) is 6.96. The standard InChI is InChI=1S/C10H18N2O3/c1-7(11)6-8(13)12-10(9(14)15)4-2-3-5-10/h7H,2-6,11H2,1H3,(H,12,13)(H,14,15).